The minimum absolute atomic E-state index is 0.329. The zero-order chi connectivity index (χ0) is 17.2. The molecule has 2 aromatic rings. The Hall–Kier alpha value is -2.11. The fourth-order valence-corrected chi connectivity index (χ4v) is 2.84. The van der Waals surface area contributed by atoms with E-state index in [1.165, 1.54) is 12.1 Å². The Morgan fingerprint density at radius 3 is 2.25 bits per heavy atom. The zero-order valence-electron chi connectivity index (χ0n) is 13.3. The number of hydrogen-bond donors (Lipinski definition) is 0. The normalized spacial score (nSPS) is 23.6. The number of quaternary nitrogens is 1. The van der Waals surface area contributed by atoms with Gasteiger partial charge in [-0.3, -0.25) is 0 Å². The monoisotopic (exact) mass is 334 g/mol. The van der Waals surface area contributed by atoms with Crippen LogP contribution in [0.4, 0.5) is 13.2 Å². The molecular weight excluding hydrogens is 315 g/mol. The molecule has 2 nitrogen and oxygen atoms in total. The third kappa shape index (κ3) is 3.52. The lowest BCUT2D eigenvalue weighted by atomic mass is 10.1. The fraction of sp³-hybridized carbons (Fsp3) is 0.263. The predicted molar refractivity (Wildman–Crippen MR) is 85.4 cm³/mol. The molecule has 0 amide bonds. The van der Waals surface area contributed by atoms with Gasteiger partial charge in [0.25, 0.3) is 0 Å². The van der Waals surface area contributed by atoms with Crippen molar-refractivity contribution in [1.29, 1.82) is 0 Å². The van der Waals surface area contributed by atoms with Crippen molar-refractivity contribution in [3.8, 4) is 0 Å². The molecule has 0 fully saturated rings. The molecule has 0 spiro atoms. The summed E-state index contributed by atoms with van der Waals surface area (Å²) < 4.78 is 38.3. The molecular formula is C19H19F3NO+. The lowest BCUT2D eigenvalue weighted by Crippen LogP contribution is -2.39. The first kappa shape index (κ1) is 16.7. The molecule has 0 N–H and O–H groups in total. The van der Waals surface area contributed by atoms with Crippen molar-refractivity contribution in [3.63, 3.8) is 0 Å². The molecule has 126 valence electrons. The summed E-state index contributed by atoms with van der Waals surface area (Å²) in [4.78, 5) is 6.16. The molecule has 0 saturated carbocycles. The van der Waals surface area contributed by atoms with E-state index < -0.39 is 11.7 Å². The van der Waals surface area contributed by atoms with Gasteiger partial charge in [0.15, 0.2) is 6.10 Å². The summed E-state index contributed by atoms with van der Waals surface area (Å²) in [6, 6.07) is 15.2. The third-order valence-corrected chi connectivity index (χ3v) is 4.25. The first-order valence-electron chi connectivity index (χ1n) is 7.87. The topological polar surface area (TPSA) is 9.23 Å². The average molecular weight is 334 g/mol. The van der Waals surface area contributed by atoms with Gasteiger partial charge in [0.2, 0.25) is 0 Å². The van der Waals surface area contributed by atoms with Crippen LogP contribution in [0, 0.1) is 0 Å². The molecule has 24 heavy (non-hydrogen) atoms. The lowest BCUT2D eigenvalue weighted by Gasteiger charge is -2.28. The molecule has 0 aromatic heterocycles. The van der Waals surface area contributed by atoms with Crippen molar-refractivity contribution < 1.29 is 22.7 Å². The number of benzene rings is 2. The Bertz CT molecular complexity index is 710. The van der Waals surface area contributed by atoms with Crippen molar-refractivity contribution in [2.45, 2.75) is 25.7 Å². The second-order valence-corrected chi connectivity index (χ2v) is 5.90. The Morgan fingerprint density at radius 1 is 1.00 bits per heavy atom. The van der Waals surface area contributed by atoms with Crippen LogP contribution >= 0.6 is 0 Å². The van der Waals surface area contributed by atoms with Crippen LogP contribution in [0.5, 0.6) is 0 Å². The molecule has 1 aliphatic heterocycles. The maximum atomic E-state index is 12.7. The highest BCUT2D eigenvalue weighted by Gasteiger charge is 2.36. The van der Waals surface area contributed by atoms with Gasteiger partial charge in [-0.25, -0.2) is 0 Å². The molecule has 1 aliphatic rings. The minimum atomic E-state index is -4.32. The highest BCUT2D eigenvalue weighted by molar-refractivity contribution is 5.28. The van der Waals surface area contributed by atoms with Crippen LogP contribution in [0.1, 0.15) is 29.7 Å². The van der Waals surface area contributed by atoms with Gasteiger partial charge in [0.1, 0.15) is 19.3 Å². The number of halogens is 3. The van der Waals surface area contributed by atoms with Crippen molar-refractivity contribution >= 4 is 0 Å². The van der Waals surface area contributed by atoms with Gasteiger partial charge in [-0.15, -0.1) is 4.65 Å². The molecule has 0 aliphatic carbocycles. The van der Waals surface area contributed by atoms with Crippen molar-refractivity contribution in [2.24, 2.45) is 0 Å². The highest BCUT2D eigenvalue weighted by Crippen LogP contribution is 2.35. The SMILES string of the molecule is CC[N+]1(Cc2ccccc2)C=CC(c2ccc(C(F)(F)F)cc2)O1. The van der Waals surface area contributed by atoms with Crippen LogP contribution in [0.3, 0.4) is 0 Å². The second kappa shape index (κ2) is 6.42. The van der Waals surface area contributed by atoms with Crippen molar-refractivity contribution in [3.05, 3.63) is 83.6 Å². The second-order valence-electron chi connectivity index (χ2n) is 5.90. The van der Waals surface area contributed by atoms with Gasteiger partial charge >= 0.3 is 6.18 Å². The fourth-order valence-electron chi connectivity index (χ4n) is 2.84. The Balaban J connectivity index is 1.75. The van der Waals surface area contributed by atoms with Crippen LogP contribution in [0.15, 0.2) is 66.9 Å². The third-order valence-electron chi connectivity index (χ3n) is 4.25. The van der Waals surface area contributed by atoms with E-state index in [1.54, 1.807) is 0 Å². The summed E-state index contributed by atoms with van der Waals surface area (Å²) in [5.74, 6) is 0. The van der Waals surface area contributed by atoms with E-state index in [-0.39, 0.29) is 6.10 Å². The smallest absolute Gasteiger partial charge is 0.185 e. The Kier molecular flexibility index (Phi) is 4.47. The summed E-state index contributed by atoms with van der Waals surface area (Å²) in [7, 11) is 0. The number of rotatable bonds is 4. The first-order valence-corrected chi connectivity index (χ1v) is 7.87. The summed E-state index contributed by atoms with van der Waals surface area (Å²) in [6.07, 6.45) is -0.762. The average Bonchev–Trinajstić information content (AvgIpc) is 3.00. The van der Waals surface area contributed by atoms with E-state index in [1.807, 2.05) is 49.5 Å². The molecule has 1 heterocycles. The number of alkyl halides is 3. The Morgan fingerprint density at radius 2 is 1.67 bits per heavy atom. The summed E-state index contributed by atoms with van der Waals surface area (Å²) in [6.45, 7) is 3.45. The van der Waals surface area contributed by atoms with Gasteiger partial charge in [0.05, 0.1) is 5.56 Å². The summed E-state index contributed by atoms with van der Waals surface area (Å²) in [5, 5.41) is 0. The number of nitrogens with zero attached hydrogens (tertiary/aromatic N) is 1. The van der Waals surface area contributed by atoms with Gasteiger partial charge in [0, 0.05) is 11.6 Å². The number of hydroxylamine groups is 3. The molecule has 0 bridgehead atoms. The summed E-state index contributed by atoms with van der Waals surface area (Å²) >= 11 is 0. The predicted octanol–water partition coefficient (Wildman–Crippen LogP) is 5.24. The van der Waals surface area contributed by atoms with E-state index in [9.17, 15) is 13.2 Å². The molecule has 5 heteroatoms. The van der Waals surface area contributed by atoms with Crippen LogP contribution in [-0.4, -0.2) is 11.2 Å². The molecule has 2 atom stereocenters. The van der Waals surface area contributed by atoms with Gasteiger partial charge in [-0.2, -0.15) is 18.0 Å². The first-order chi connectivity index (χ1) is 11.4. The summed E-state index contributed by atoms with van der Waals surface area (Å²) in [5.41, 5.74) is 1.23. The van der Waals surface area contributed by atoms with Crippen LogP contribution in [0.2, 0.25) is 0 Å². The van der Waals surface area contributed by atoms with E-state index in [4.69, 9.17) is 4.84 Å². The molecule has 0 saturated heterocycles. The lowest BCUT2D eigenvalue weighted by molar-refractivity contribution is -1.07. The molecule has 3 rings (SSSR count). The maximum Gasteiger partial charge on any atom is 0.416 e. The van der Waals surface area contributed by atoms with Gasteiger partial charge < -0.3 is 0 Å². The largest absolute Gasteiger partial charge is 0.416 e. The maximum absolute atomic E-state index is 12.7. The van der Waals surface area contributed by atoms with E-state index in [2.05, 4.69) is 0 Å². The Labute approximate surface area is 139 Å². The van der Waals surface area contributed by atoms with Crippen LogP contribution < -0.4 is 0 Å². The minimum Gasteiger partial charge on any atom is -0.185 e. The highest BCUT2D eigenvalue weighted by atomic mass is 19.4. The van der Waals surface area contributed by atoms with Crippen LogP contribution in [-0.2, 0) is 17.6 Å². The van der Waals surface area contributed by atoms with Gasteiger partial charge in [-0.1, -0.05) is 42.5 Å². The van der Waals surface area contributed by atoms with E-state index in [0.29, 0.717) is 11.2 Å². The van der Waals surface area contributed by atoms with Crippen molar-refractivity contribution in [1.82, 2.24) is 0 Å². The van der Waals surface area contributed by atoms with Crippen LogP contribution in [0.25, 0.3) is 0 Å². The molecule has 2 unspecified atom stereocenters. The quantitative estimate of drug-likeness (QED) is 0.695. The molecule has 0 radical (unpaired) electrons. The standard InChI is InChI=1S/C19H19F3NO/c1-2-23(14-15-6-4-3-5-7-15)13-12-18(24-23)16-8-10-17(11-9-16)19(20,21)22/h3-13,18H,2,14H2,1H3/q+1. The van der Waals surface area contributed by atoms with E-state index >= 15 is 0 Å². The van der Waals surface area contributed by atoms with E-state index in [0.717, 1.165) is 29.8 Å². The molecule has 2 aromatic carbocycles. The van der Waals surface area contributed by atoms with Gasteiger partial charge in [-0.05, 0) is 24.6 Å². The zero-order valence-corrected chi connectivity index (χ0v) is 13.3. The van der Waals surface area contributed by atoms with Crippen molar-refractivity contribution in [2.75, 3.05) is 6.54 Å². The number of hydrogen-bond acceptors (Lipinski definition) is 1.